The van der Waals surface area contributed by atoms with Gasteiger partial charge in [0, 0.05) is 3.57 Å². The highest BCUT2D eigenvalue weighted by atomic mass is 127. The molecule has 1 unspecified atom stereocenters. The van der Waals surface area contributed by atoms with E-state index in [-0.39, 0.29) is 0 Å². The molecule has 1 N–H and O–H groups in total. The van der Waals surface area contributed by atoms with Gasteiger partial charge in [-0.25, -0.2) is 0 Å². The fraction of sp³-hybridized carbons (Fsp3) is 0.417. The van der Waals surface area contributed by atoms with E-state index in [0.717, 1.165) is 9.13 Å². The summed E-state index contributed by atoms with van der Waals surface area (Å²) in [7, 11) is 0. The normalized spacial score (nSPS) is 15.5. The predicted molar refractivity (Wildman–Crippen MR) is 68.1 cm³/mol. The molecule has 1 rings (SSSR count). The lowest BCUT2D eigenvalue weighted by Crippen LogP contribution is -2.38. The molecule has 1 aromatic rings. The molecule has 3 heteroatoms. The second kappa shape index (κ2) is 4.11. The molecule has 1 aromatic carbocycles. The minimum atomic E-state index is -1.13. The molecule has 0 spiro atoms. The van der Waals surface area contributed by atoms with Crippen LogP contribution >= 0.6 is 22.6 Å². The second-order valence-electron chi connectivity index (χ2n) is 4.32. The monoisotopic (exact) mass is 315 g/mol. The number of nitriles is 1. The summed E-state index contributed by atoms with van der Waals surface area (Å²) in [6, 6.07) is 9.72. The molecule has 80 valence electrons. The van der Waals surface area contributed by atoms with Gasteiger partial charge in [-0.15, -0.1) is 0 Å². The molecule has 0 heterocycles. The van der Waals surface area contributed by atoms with Crippen LogP contribution in [-0.2, 0) is 5.60 Å². The second-order valence-corrected chi connectivity index (χ2v) is 5.56. The summed E-state index contributed by atoms with van der Waals surface area (Å²) in [6.07, 6.45) is 0. The lowest BCUT2D eigenvalue weighted by Gasteiger charge is -2.34. The number of nitrogens with zero attached hydrogens (tertiary/aromatic N) is 1. The summed E-state index contributed by atoms with van der Waals surface area (Å²) in [5, 5.41) is 19.4. The van der Waals surface area contributed by atoms with Crippen LogP contribution in [0.5, 0.6) is 0 Å². The van der Waals surface area contributed by atoms with Crippen LogP contribution in [0, 0.1) is 20.3 Å². The molecule has 0 fully saturated rings. The standard InChI is InChI=1S/C12H14INO/c1-11(2,8-14)12(3,15)9-4-6-10(13)7-5-9/h4-7,15H,1-3H3. The quantitative estimate of drug-likeness (QED) is 0.853. The Morgan fingerprint density at radius 1 is 1.20 bits per heavy atom. The van der Waals surface area contributed by atoms with Crippen LogP contribution in [-0.4, -0.2) is 5.11 Å². The van der Waals surface area contributed by atoms with Crippen LogP contribution < -0.4 is 0 Å². The van der Waals surface area contributed by atoms with Crippen molar-refractivity contribution in [3.05, 3.63) is 33.4 Å². The minimum absolute atomic E-state index is 0.773. The van der Waals surface area contributed by atoms with Crippen molar-refractivity contribution >= 4 is 22.6 Å². The Bertz CT molecular complexity index is 387. The Kier molecular flexibility index (Phi) is 3.41. The van der Waals surface area contributed by atoms with E-state index in [2.05, 4.69) is 28.7 Å². The summed E-state index contributed by atoms with van der Waals surface area (Å²) in [4.78, 5) is 0. The maximum atomic E-state index is 10.4. The molecule has 0 aliphatic heterocycles. The van der Waals surface area contributed by atoms with E-state index in [4.69, 9.17) is 5.26 Å². The van der Waals surface area contributed by atoms with Crippen molar-refractivity contribution in [1.29, 1.82) is 5.26 Å². The van der Waals surface area contributed by atoms with Crippen LogP contribution in [0.15, 0.2) is 24.3 Å². The first-order valence-corrected chi connectivity index (χ1v) is 5.79. The van der Waals surface area contributed by atoms with Gasteiger partial charge >= 0.3 is 0 Å². The average Bonchev–Trinajstić information content (AvgIpc) is 2.18. The third-order valence-electron chi connectivity index (χ3n) is 2.90. The Hall–Kier alpha value is -0.600. The Morgan fingerprint density at radius 2 is 1.67 bits per heavy atom. The molecule has 0 amide bonds. The van der Waals surface area contributed by atoms with Gasteiger partial charge in [-0.3, -0.25) is 0 Å². The number of hydrogen-bond acceptors (Lipinski definition) is 2. The number of aliphatic hydroxyl groups is 1. The molecule has 1 atom stereocenters. The van der Waals surface area contributed by atoms with Gasteiger partial charge in [0.25, 0.3) is 0 Å². The van der Waals surface area contributed by atoms with Crippen molar-refractivity contribution in [2.45, 2.75) is 26.4 Å². The summed E-state index contributed by atoms with van der Waals surface area (Å²) in [5.41, 5.74) is -1.17. The van der Waals surface area contributed by atoms with Gasteiger partial charge in [0.2, 0.25) is 0 Å². The summed E-state index contributed by atoms with van der Waals surface area (Å²) in [5.74, 6) is 0. The van der Waals surface area contributed by atoms with Gasteiger partial charge in [-0.2, -0.15) is 5.26 Å². The van der Waals surface area contributed by atoms with Crippen molar-refractivity contribution in [1.82, 2.24) is 0 Å². The van der Waals surface area contributed by atoms with Crippen molar-refractivity contribution in [2.75, 3.05) is 0 Å². The predicted octanol–water partition coefficient (Wildman–Crippen LogP) is 3.05. The van der Waals surface area contributed by atoms with E-state index in [1.54, 1.807) is 20.8 Å². The zero-order valence-electron chi connectivity index (χ0n) is 9.08. The topological polar surface area (TPSA) is 44.0 Å². The van der Waals surface area contributed by atoms with Gasteiger partial charge < -0.3 is 5.11 Å². The fourth-order valence-electron chi connectivity index (χ4n) is 1.24. The summed E-state index contributed by atoms with van der Waals surface area (Å²) < 4.78 is 1.11. The molecule has 0 aliphatic carbocycles. The zero-order chi connectivity index (χ0) is 11.7. The molecule has 0 bridgehead atoms. The first kappa shape index (κ1) is 12.5. The van der Waals surface area contributed by atoms with E-state index < -0.39 is 11.0 Å². The molecule has 0 aromatic heterocycles. The van der Waals surface area contributed by atoms with Crippen molar-refractivity contribution < 1.29 is 5.11 Å². The van der Waals surface area contributed by atoms with Gasteiger partial charge in [0.05, 0.1) is 11.5 Å². The highest BCUT2D eigenvalue weighted by Gasteiger charge is 2.41. The molecule has 15 heavy (non-hydrogen) atoms. The SMILES string of the molecule is CC(C)(C#N)C(C)(O)c1ccc(I)cc1. The highest BCUT2D eigenvalue weighted by molar-refractivity contribution is 14.1. The van der Waals surface area contributed by atoms with Gasteiger partial charge in [0.15, 0.2) is 0 Å². The van der Waals surface area contributed by atoms with E-state index in [9.17, 15) is 5.11 Å². The van der Waals surface area contributed by atoms with Gasteiger partial charge in [-0.1, -0.05) is 12.1 Å². The molecule has 0 saturated carbocycles. The molecule has 2 nitrogen and oxygen atoms in total. The molecular weight excluding hydrogens is 301 g/mol. The Labute approximate surface area is 104 Å². The van der Waals surface area contributed by atoms with E-state index in [1.807, 2.05) is 24.3 Å². The maximum Gasteiger partial charge on any atom is 0.105 e. The first-order chi connectivity index (χ1) is 6.81. The first-order valence-electron chi connectivity index (χ1n) is 4.71. The van der Waals surface area contributed by atoms with E-state index >= 15 is 0 Å². The molecule has 0 aliphatic rings. The summed E-state index contributed by atoms with van der Waals surface area (Å²) >= 11 is 2.21. The lowest BCUT2D eigenvalue weighted by atomic mass is 9.73. The Balaban J connectivity index is 3.18. The van der Waals surface area contributed by atoms with Crippen molar-refractivity contribution in [3.63, 3.8) is 0 Å². The van der Waals surface area contributed by atoms with Crippen LogP contribution in [0.4, 0.5) is 0 Å². The fourth-order valence-corrected chi connectivity index (χ4v) is 1.60. The Morgan fingerprint density at radius 3 is 2.07 bits per heavy atom. The maximum absolute atomic E-state index is 10.4. The summed E-state index contributed by atoms with van der Waals surface area (Å²) in [6.45, 7) is 5.16. The van der Waals surface area contributed by atoms with Gasteiger partial charge in [-0.05, 0) is 61.1 Å². The van der Waals surface area contributed by atoms with E-state index in [1.165, 1.54) is 0 Å². The average molecular weight is 315 g/mol. The smallest absolute Gasteiger partial charge is 0.105 e. The van der Waals surface area contributed by atoms with Crippen molar-refractivity contribution in [3.8, 4) is 6.07 Å². The van der Waals surface area contributed by atoms with Crippen LogP contribution in [0.2, 0.25) is 0 Å². The largest absolute Gasteiger partial charge is 0.384 e. The number of hydrogen-bond donors (Lipinski definition) is 1. The van der Waals surface area contributed by atoms with Gasteiger partial charge in [0.1, 0.15) is 5.60 Å². The number of rotatable bonds is 2. The molecule has 0 saturated heterocycles. The lowest BCUT2D eigenvalue weighted by molar-refractivity contribution is -0.0267. The number of halogens is 1. The van der Waals surface area contributed by atoms with Crippen LogP contribution in [0.25, 0.3) is 0 Å². The zero-order valence-corrected chi connectivity index (χ0v) is 11.2. The highest BCUT2D eigenvalue weighted by Crippen LogP contribution is 2.38. The van der Waals surface area contributed by atoms with E-state index in [0.29, 0.717) is 0 Å². The third-order valence-corrected chi connectivity index (χ3v) is 3.62. The van der Waals surface area contributed by atoms with Crippen LogP contribution in [0.3, 0.4) is 0 Å². The third kappa shape index (κ3) is 2.32. The molecular formula is C12H14INO. The van der Waals surface area contributed by atoms with Crippen molar-refractivity contribution in [2.24, 2.45) is 5.41 Å². The van der Waals surface area contributed by atoms with Crippen LogP contribution in [0.1, 0.15) is 26.3 Å². The molecule has 0 radical (unpaired) electrons. The minimum Gasteiger partial charge on any atom is -0.384 e. The number of benzene rings is 1.